The van der Waals surface area contributed by atoms with Crippen molar-refractivity contribution in [3.8, 4) is 0 Å². The third-order valence-electron chi connectivity index (χ3n) is 1.83. The Morgan fingerprint density at radius 1 is 1.50 bits per heavy atom. The molecule has 0 aromatic heterocycles. The lowest BCUT2D eigenvalue weighted by Gasteiger charge is -2.29. The van der Waals surface area contributed by atoms with Crippen molar-refractivity contribution in [2.24, 2.45) is 5.73 Å². The molecule has 1 atom stereocenters. The summed E-state index contributed by atoms with van der Waals surface area (Å²) >= 11 is 0. The molecule has 0 amide bonds. The summed E-state index contributed by atoms with van der Waals surface area (Å²) in [5.74, 6) is 0. The second-order valence-electron chi connectivity index (χ2n) is 2.83. The molecule has 0 spiro atoms. The van der Waals surface area contributed by atoms with Crippen LogP contribution in [0.4, 0.5) is 0 Å². The number of hydrogen-bond donors (Lipinski definition) is 1. The topological polar surface area (TPSA) is 38.5 Å². The van der Waals surface area contributed by atoms with E-state index in [2.05, 4.69) is 11.9 Å². The molecule has 76 valence electrons. The summed E-state index contributed by atoms with van der Waals surface area (Å²) in [6.07, 6.45) is 1.37. The summed E-state index contributed by atoms with van der Waals surface area (Å²) in [6, 6.07) is 0. The first-order chi connectivity index (χ1) is 4.83. The number of rotatable bonds is 2. The van der Waals surface area contributed by atoms with Crippen LogP contribution in [0.25, 0.3) is 0 Å². The molecule has 0 bridgehead atoms. The quantitative estimate of drug-likeness (QED) is 0.732. The molecular formula is C7H18Cl2N2O. The number of halogens is 2. The first-order valence-corrected chi connectivity index (χ1v) is 3.83. The van der Waals surface area contributed by atoms with Gasteiger partial charge in [-0.1, -0.05) is 0 Å². The van der Waals surface area contributed by atoms with Crippen LogP contribution in [0, 0.1) is 0 Å². The Morgan fingerprint density at radius 3 is 2.67 bits per heavy atom. The van der Waals surface area contributed by atoms with Gasteiger partial charge in [-0.15, -0.1) is 24.8 Å². The van der Waals surface area contributed by atoms with E-state index < -0.39 is 0 Å². The highest BCUT2D eigenvalue weighted by Crippen LogP contribution is 2.04. The van der Waals surface area contributed by atoms with Gasteiger partial charge in [0.25, 0.3) is 0 Å². The lowest BCUT2D eigenvalue weighted by molar-refractivity contribution is -0.0218. The van der Waals surface area contributed by atoms with Gasteiger partial charge in [0.1, 0.15) is 0 Å². The Labute approximate surface area is 86.4 Å². The van der Waals surface area contributed by atoms with Gasteiger partial charge in [0.2, 0.25) is 0 Å². The van der Waals surface area contributed by atoms with E-state index in [0.717, 1.165) is 32.7 Å². The van der Waals surface area contributed by atoms with Gasteiger partial charge in [0, 0.05) is 13.1 Å². The van der Waals surface area contributed by atoms with Crippen LogP contribution in [0.3, 0.4) is 0 Å². The minimum atomic E-state index is 0. The van der Waals surface area contributed by atoms with Gasteiger partial charge in [-0.3, -0.25) is 0 Å². The maximum Gasteiger partial charge on any atom is 0.0714 e. The molecule has 5 heteroatoms. The van der Waals surface area contributed by atoms with Crippen LogP contribution in [0.15, 0.2) is 0 Å². The van der Waals surface area contributed by atoms with Crippen molar-refractivity contribution < 1.29 is 4.74 Å². The second kappa shape index (κ2) is 8.08. The minimum absolute atomic E-state index is 0. The molecule has 1 saturated heterocycles. The lowest BCUT2D eigenvalue weighted by atomic mass is 10.2. The van der Waals surface area contributed by atoms with E-state index in [9.17, 15) is 0 Å². The summed E-state index contributed by atoms with van der Waals surface area (Å²) in [6.45, 7) is 3.69. The van der Waals surface area contributed by atoms with E-state index >= 15 is 0 Å². The van der Waals surface area contributed by atoms with Gasteiger partial charge in [-0.05, 0) is 20.0 Å². The number of likely N-dealkylation sites (N-methyl/N-ethyl adjacent to an activating group) is 1. The number of hydrogen-bond acceptors (Lipinski definition) is 3. The molecule has 1 heterocycles. The van der Waals surface area contributed by atoms with Crippen LogP contribution in [0.1, 0.15) is 6.42 Å². The van der Waals surface area contributed by atoms with Crippen molar-refractivity contribution in [1.82, 2.24) is 4.90 Å². The van der Waals surface area contributed by atoms with Crippen LogP contribution in [0.2, 0.25) is 0 Å². The average Bonchev–Trinajstić information content (AvgIpc) is 1.88. The molecule has 12 heavy (non-hydrogen) atoms. The lowest BCUT2D eigenvalue weighted by Crippen LogP contribution is -2.40. The largest absolute Gasteiger partial charge is 0.376 e. The Bertz CT molecular complexity index is 103. The zero-order chi connectivity index (χ0) is 7.40. The highest BCUT2D eigenvalue weighted by molar-refractivity contribution is 5.85. The molecule has 0 radical (unpaired) electrons. The van der Waals surface area contributed by atoms with Crippen molar-refractivity contribution in [2.75, 3.05) is 33.3 Å². The molecule has 0 saturated carbocycles. The molecular weight excluding hydrogens is 199 g/mol. The van der Waals surface area contributed by atoms with Gasteiger partial charge in [-0.25, -0.2) is 0 Å². The van der Waals surface area contributed by atoms with Gasteiger partial charge in [-0.2, -0.15) is 0 Å². The van der Waals surface area contributed by atoms with E-state index in [1.54, 1.807) is 0 Å². The second-order valence-corrected chi connectivity index (χ2v) is 2.83. The standard InChI is InChI=1S/C7H16N2O.2ClH/c1-9-4-5-10-7(6-9)2-3-8;;/h7H,2-6,8H2,1H3;2*1H. The molecule has 1 aliphatic rings. The number of morpholine rings is 1. The molecule has 0 aromatic carbocycles. The van der Waals surface area contributed by atoms with Crippen LogP contribution in [-0.4, -0.2) is 44.3 Å². The predicted molar refractivity (Wildman–Crippen MR) is 55.4 cm³/mol. The van der Waals surface area contributed by atoms with Crippen LogP contribution in [-0.2, 0) is 4.74 Å². The number of nitrogens with zero attached hydrogens (tertiary/aromatic N) is 1. The Balaban J connectivity index is 0. The predicted octanol–water partition coefficient (Wildman–Crippen LogP) is 0.509. The fourth-order valence-electron chi connectivity index (χ4n) is 1.23. The maximum atomic E-state index is 5.47. The molecule has 0 aliphatic carbocycles. The first kappa shape index (κ1) is 15.0. The monoisotopic (exact) mass is 216 g/mol. The Hall–Kier alpha value is 0.460. The molecule has 1 fully saturated rings. The molecule has 1 unspecified atom stereocenters. The van der Waals surface area contributed by atoms with E-state index in [1.807, 2.05) is 0 Å². The Morgan fingerprint density at radius 2 is 2.17 bits per heavy atom. The van der Waals surface area contributed by atoms with Crippen molar-refractivity contribution >= 4 is 24.8 Å². The average molecular weight is 217 g/mol. The summed E-state index contributed by atoms with van der Waals surface area (Å²) in [4.78, 5) is 2.28. The van der Waals surface area contributed by atoms with Gasteiger partial charge in [0.05, 0.1) is 12.7 Å². The third kappa shape index (κ3) is 5.17. The summed E-state index contributed by atoms with van der Waals surface area (Å²) in [7, 11) is 2.12. The highest BCUT2D eigenvalue weighted by atomic mass is 35.5. The van der Waals surface area contributed by atoms with Crippen LogP contribution in [0.5, 0.6) is 0 Å². The fourth-order valence-corrected chi connectivity index (χ4v) is 1.23. The van der Waals surface area contributed by atoms with E-state index in [-0.39, 0.29) is 24.8 Å². The molecule has 0 aromatic rings. The van der Waals surface area contributed by atoms with Crippen molar-refractivity contribution in [1.29, 1.82) is 0 Å². The number of ether oxygens (including phenoxy) is 1. The molecule has 2 N–H and O–H groups in total. The molecule has 1 rings (SSSR count). The molecule has 3 nitrogen and oxygen atoms in total. The maximum absolute atomic E-state index is 5.47. The Kier molecular flexibility index (Phi) is 10.1. The van der Waals surface area contributed by atoms with Crippen LogP contribution >= 0.6 is 24.8 Å². The molecule has 1 aliphatic heterocycles. The van der Waals surface area contributed by atoms with Gasteiger partial charge in [0.15, 0.2) is 0 Å². The van der Waals surface area contributed by atoms with E-state index in [4.69, 9.17) is 10.5 Å². The van der Waals surface area contributed by atoms with Crippen molar-refractivity contribution in [2.45, 2.75) is 12.5 Å². The zero-order valence-corrected chi connectivity index (χ0v) is 9.00. The summed E-state index contributed by atoms with van der Waals surface area (Å²) in [5, 5.41) is 0. The first-order valence-electron chi connectivity index (χ1n) is 3.83. The zero-order valence-electron chi connectivity index (χ0n) is 7.36. The third-order valence-corrected chi connectivity index (χ3v) is 1.83. The van der Waals surface area contributed by atoms with E-state index in [0.29, 0.717) is 6.10 Å². The SMILES string of the molecule is CN1CCOC(CCN)C1.Cl.Cl. The summed E-state index contributed by atoms with van der Waals surface area (Å²) in [5.41, 5.74) is 5.41. The van der Waals surface area contributed by atoms with E-state index in [1.165, 1.54) is 0 Å². The fraction of sp³-hybridized carbons (Fsp3) is 1.00. The number of nitrogens with two attached hydrogens (primary N) is 1. The van der Waals surface area contributed by atoms with Gasteiger partial charge >= 0.3 is 0 Å². The smallest absolute Gasteiger partial charge is 0.0714 e. The highest BCUT2D eigenvalue weighted by Gasteiger charge is 2.15. The normalized spacial score (nSPS) is 24.0. The van der Waals surface area contributed by atoms with Crippen LogP contribution < -0.4 is 5.73 Å². The van der Waals surface area contributed by atoms with Gasteiger partial charge < -0.3 is 15.4 Å². The summed E-state index contributed by atoms with van der Waals surface area (Å²) < 4.78 is 5.47. The van der Waals surface area contributed by atoms with Crippen molar-refractivity contribution in [3.05, 3.63) is 0 Å². The minimum Gasteiger partial charge on any atom is -0.376 e. The van der Waals surface area contributed by atoms with Crippen molar-refractivity contribution in [3.63, 3.8) is 0 Å².